The molecular weight excluding hydrogens is 531 g/mol. The van der Waals surface area contributed by atoms with E-state index >= 15 is 0 Å². The SMILES string of the molecule is CCc1ccc(OCC(=O)N(Cc2ccc(Cl)c(Cl)c2)[C@H](Cc2ccccc2)C(=O)NC2CCCCC2)cc1. The molecule has 1 saturated carbocycles. The first-order chi connectivity index (χ1) is 18.9. The molecule has 0 unspecified atom stereocenters. The highest BCUT2D eigenvalue weighted by molar-refractivity contribution is 6.42. The highest BCUT2D eigenvalue weighted by atomic mass is 35.5. The van der Waals surface area contributed by atoms with Crippen LogP contribution in [0.2, 0.25) is 10.0 Å². The molecule has 1 N–H and O–H groups in total. The van der Waals surface area contributed by atoms with Crippen LogP contribution in [0.3, 0.4) is 0 Å². The van der Waals surface area contributed by atoms with Crippen LogP contribution >= 0.6 is 23.2 Å². The van der Waals surface area contributed by atoms with E-state index < -0.39 is 6.04 Å². The summed E-state index contributed by atoms with van der Waals surface area (Å²) in [7, 11) is 0. The van der Waals surface area contributed by atoms with Crippen molar-refractivity contribution in [1.29, 1.82) is 0 Å². The molecule has 0 spiro atoms. The van der Waals surface area contributed by atoms with Gasteiger partial charge < -0.3 is 15.0 Å². The molecule has 1 aliphatic rings. The maximum Gasteiger partial charge on any atom is 0.261 e. The molecule has 0 radical (unpaired) electrons. The van der Waals surface area contributed by atoms with Crippen LogP contribution in [0.25, 0.3) is 0 Å². The van der Waals surface area contributed by atoms with Crippen LogP contribution in [-0.2, 0) is 29.0 Å². The monoisotopic (exact) mass is 566 g/mol. The van der Waals surface area contributed by atoms with E-state index in [1.807, 2.05) is 60.7 Å². The van der Waals surface area contributed by atoms with Crippen molar-refractivity contribution in [1.82, 2.24) is 10.2 Å². The van der Waals surface area contributed by atoms with E-state index in [0.717, 1.165) is 43.2 Å². The Bertz CT molecular complexity index is 1230. The van der Waals surface area contributed by atoms with Gasteiger partial charge in [0.15, 0.2) is 6.61 Å². The second kappa shape index (κ2) is 14.4. The third-order valence-corrected chi connectivity index (χ3v) is 7.99. The molecule has 2 amide bonds. The fourth-order valence-electron chi connectivity index (χ4n) is 4.98. The predicted molar refractivity (Wildman–Crippen MR) is 157 cm³/mol. The third-order valence-electron chi connectivity index (χ3n) is 7.25. The molecule has 7 heteroatoms. The first-order valence-electron chi connectivity index (χ1n) is 13.7. The van der Waals surface area contributed by atoms with Crippen molar-refractivity contribution in [2.45, 2.75) is 70.5 Å². The zero-order chi connectivity index (χ0) is 27.6. The number of ether oxygens (including phenoxy) is 1. The molecule has 1 aliphatic carbocycles. The summed E-state index contributed by atoms with van der Waals surface area (Å²) in [6.07, 6.45) is 6.63. The molecular formula is C32H36Cl2N2O3. The fraction of sp³-hybridized carbons (Fsp3) is 0.375. The van der Waals surface area contributed by atoms with Gasteiger partial charge in [0, 0.05) is 19.0 Å². The van der Waals surface area contributed by atoms with Gasteiger partial charge in [-0.2, -0.15) is 0 Å². The Morgan fingerprint density at radius 1 is 0.897 bits per heavy atom. The lowest BCUT2D eigenvalue weighted by molar-refractivity contribution is -0.143. The third kappa shape index (κ3) is 8.48. The Labute approximate surface area is 241 Å². The molecule has 3 aromatic rings. The van der Waals surface area contributed by atoms with E-state index in [9.17, 15) is 9.59 Å². The van der Waals surface area contributed by atoms with E-state index in [4.69, 9.17) is 27.9 Å². The van der Waals surface area contributed by atoms with Gasteiger partial charge in [0.25, 0.3) is 5.91 Å². The van der Waals surface area contributed by atoms with Gasteiger partial charge in [-0.15, -0.1) is 0 Å². The summed E-state index contributed by atoms with van der Waals surface area (Å²) in [6.45, 7) is 2.10. The van der Waals surface area contributed by atoms with Crippen LogP contribution in [0, 0.1) is 0 Å². The molecule has 1 atom stereocenters. The van der Waals surface area contributed by atoms with Gasteiger partial charge in [0.1, 0.15) is 11.8 Å². The zero-order valence-corrected chi connectivity index (χ0v) is 23.9. The summed E-state index contributed by atoms with van der Waals surface area (Å²) in [6, 6.07) is 22.2. The average Bonchev–Trinajstić information content (AvgIpc) is 2.96. The zero-order valence-electron chi connectivity index (χ0n) is 22.4. The number of carbonyl (C=O) groups is 2. The van der Waals surface area contributed by atoms with Gasteiger partial charge in [-0.3, -0.25) is 9.59 Å². The summed E-state index contributed by atoms with van der Waals surface area (Å²) in [5.74, 6) is 0.188. The summed E-state index contributed by atoms with van der Waals surface area (Å²) in [5.41, 5.74) is 2.95. The van der Waals surface area contributed by atoms with Crippen LogP contribution in [-0.4, -0.2) is 35.4 Å². The van der Waals surface area contributed by atoms with Crippen molar-refractivity contribution in [2.24, 2.45) is 0 Å². The van der Waals surface area contributed by atoms with Crippen LogP contribution in [0.4, 0.5) is 0 Å². The Morgan fingerprint density at radius 2 is 1.59 bits per heavy atom. The average molecular weight is 568 g/mol. The van der Waals surface area contributed by atoms with Gasteiger partial charge in [-0.1, -0.05) is 97.9 Å². The van der Waals surface area contributed by atoms with Crippen molar-refractivity contribution in [3.63, 3.8) is 0 Å². The lowest BCUT2D eigenvalue weighted by Crippen LogP contribution is -2.53. The molecule has 0 heterocycles. The molecule has 0 saturated heterocycles. The molecule has 4 rings (SSSR count). The van der Waals surface area contributed by atoms with Crippen molar-refractivity contribution in [2.75, 3.05) is 6.61 Å². The van der Waals surface area contributed by atoms with Crippen molar-refractivity contribution >= 4 is 35.0 Å². The highest BCUT2D eigenvalue weighted by Crippen LogP contribution is 2.25. The van der Waals surface area contributed by atoms with Crippen LogP contribution in [0.5, 0.6) is 5.75 Å². The number of amides is 2. The number of nitrogens with zero attached hydrogens (tertiary/aromatic N) is 1. The predicted octanol–water partition coefficient (Wildman–Crippen LogP) is 7.02. The van der Waals surface area contributed by atoms with E-state index in [0.29, 0.717) is 22.2 Å². The number of aryl methyl sites for hydroxylation is 1. The van der Waals surface area contributed by atoms with Gasteiger partial charge >= 0.3 is 0 Å². The van der Waals surface area contributed by atoms with Crippen LogP contribution in [0.15, 0.2) is 72.8 Å². The number of rotatable bonds is 11. The Kier molecular flexibility index (Phi) is 10.7. The van der Waals surface area contributed by atoms with E-state index in [1.165, 1.54) is 12.0 Å². The Hall–Kier alpha value is -3.02. The van der Waals surface area contributed by atoms with Crippen LogP contribution < -0.4 is 10.1 Å². The maximum atomic E-state index is 13.8. The number of nitrogens with one attached hydrogen (secondary N) is 1. The maximum absolute atomic E-state index is 13.8. The number of carbonyl (C=O) groups excluding carboxylic acids is 2. The molecule has 206 valence electrons. The van der Waals surface area contributed by atoms with Crippen molar-refractivity contribution < 1.29 is 14.3 Å². The minimum absolute atomic E-state index is 0.125. The molecule has 3 aromatic carbocycles. The normalized spacial score (nSPS) is 14.4. The summed E-state index contributed by atoms with van der Waals surface area (Å²) in [5, 5.41) is 4.09. The molecule has 1 fully saturated rings. The topological polar surface area (TPSA) is 58.6 Å². The minimum Gasteiger partial charge on any atom is -0.484 e. The van der Waals surface area contributed by atoms with Gasteiger partial charge in [-0.25, -0.2) is 0 Å². The number of hydrogen-bond acceptors (Lipinski definition) is 3. The second-order valence-corrected chi connectivity index (χ2v) is 10.9. The Morgan fingerprint density at radius 3 is 2.26 bits per heavy atom. The van der Waals surface area contributed by atoms with Crippen molar-refractivity contribution in [3.8, 4) is 5.75 Å². The van der Waals surface area contributed by atoms with E-state index in [-0.39, 0.29) is 31.0 Å². The van der Waals surface area contributed by atoms with Crippen molar-refractivity contribution in [3.05, 3.63) is 99.5 Å². The first-order valence-corrected chi connectivity index (χ1v) is 14.5. The smallest absolute Gasteiger partial charge is 0.261 e. The Balaban J connectivity index is 1.61. The lowest BCUT2D eigenvalue weighted by Gasteiger charge is -2.33. The largest absolute Gasteiger partial charge is 0.484 e. The molecule has 0 aromatic heterocycles. The van der Waals surface area contributed by atoms with Gasteiger partial charge in [0.05, 0.1) is 10.0 Å². The van der Waals surface area contributed by atoms with Gasteiger partial charge in [0.2, 0.25) is 5.91 Å². The molecule has 39 heavy (non-hydrogen) atoms. The van der Waals surface area contributed by atoms with Gasteiger partial charge in [-0.05, 0) is 60.2 Å². The molecule has 5 nitrogen and oxygen atoms in total. The highest BCUT2D eigenvalue weighted by Gasteiger charge is 2.32. The van der Waals surface area contributed by atoms with E-state index in [1.54, 1.807) is 17.0 Å². The second-order valence-electron chi connectivity index (χ2n) is 10.1. The molecule has 0 bridgehead atoms. The lowest BCUT2D eigenvalue weighted by atomic mass is 9.94. The molecule has 0 aliphatic heterocycles. The summed E-state index contributed by atoms with van der Waals surface area (Å²) >= 11 is 12.5. The quantitative estimate of drug-likeness (QED) is 0.271. The first kappa shape index (κ1) is 29.0. The number of benzene rings is 3. The summed E-state index contributed by atoms with van der Waals surface area (Å²) < 4.78 is 5.89. The minimum atomic E-state index is -0.720. The van der Waals surface area contributed by atoms with Crippen LogP contribution in [0.1, 0.15) is 55.7 Å². The fourth-order valence-corrected chi connectivity index (χ4v) is 5.30. The number of hydrogen-bond donors (Lipinski definition) is 1. The van der Waals surface area contributed by atoms with E-state index in [2.05, 4.69) is 12.2 Å². The summed E-state index contributed by atoms with van der Waals surface area (Å²) in [4.78, 5) is 29.2. The number of halogens is 2. The standard InChI is InChI=1S/C32H36Cl2N2O3/c1-2-23-13-16-27(17-14-23)39-22-31(37)36(21-25-15-18-28(33)29(34)19-25)30(20-24-9-5-3-6-10-24)32(38)35-26-11-7-4-8-12-26/h3,5-6,9-10,13-19,26,30H,2,4,7-8,11-12,20-22H2,1H3,(H,35,38)/t30-/m1/s1.